The Morgan fingerprint density at radius 2 is 2.25 bits per heavy atom. The lowest BCUT2D eigenvalue weighted by Gasteiger charge is -2.27. The van der Waals surface area contributed by atoms with E-state index in [1.807, 2.05) is 19.2 Å². The molecule has 5 nitrogen and oxygen atoms in total. The maximum Gasteiger partial charge on any atom is 0.133 e. The molecule has 0 aliphatic carbocycles. The minimum Gasteiger partial charge on any atom is -0.361 e. The van der Waals surface area contributed by atoms with E-state index >= 15 is 0 Å². The fourth-order valence-electron chi connectivity index (χ4n) is 2.51. The van der Waals surface area contributed by atoms with Gasteiger partial charge in [0.2, 0.25) is 0 Å². The Morgan fingerprint density at radius 3 is 2.95 bits per heavy atom. The third kappa shape index (κ3) is 2.72. The Hall–Kier alpha value is -1.75. The summed E-state index contributed by atoms with van der Waals surface area (Å²) in [4.78, 5) is 11.5. The summed E-state index contributed by atoms with van der Waals surface area (Å²) in [7, 11) is 0. The number of aryl methyl sites for hydroxylation is 1. The van der Waals surface area contributed by atoms with Gasteiger partial charge in [-0.05, 0) is 18.9 Å². The number of rotatable bonds is 3. The van der Waals surface area contributed by atoms with Crippen molar-refractivity contribution in [3.8, 4) is 0 Å². The largest absolute Gasteiger partial charge is 0.361 e. The zero-order valence-electron chi connectivity index (χ0n) is 12.3. The van der Waals surface area contributed by atoms with Gasteiger partial charge in [0.25, 0.3) is 0 Å². The lowest BCUT2D eigenvalue weighted by molar-refractivity contribution is 0.232. The topological polar surface area (TPSA) is 55.1 Å². The van der Waals surface area contributed by atoms with Crippen LogP contribution in [0.15, 0.2) is 16.8 Å². The lowest BCUT2D eigenvalue weighted by atomic mass is 10.1. The van der Waals surface area contributed by atoms with Gasteiger partial charge in [0.1, 0.15) is 11.6 Å². The summed E-state index contributed by atoms with van der Waals surface area (Å²) < 4.78 is 5.12. The van der Waals surface area contributed by atoms with Crippen molar-refractivity contribution < 1.29 is 4.52 Å². The van der Waals surface area contributed by atoms with Crippen LogP contribution in [0, 0.1) is 6.92 Å². The summed E-state index contributed by atoms with van der Waals surface area (Å²) in [5.41, 5.74) is 3.43. The van der Waals surface area contributed by atoms with Crippen molar-refractivity contribution in [2.45, 2.75) is 46.2 Å². The molecule has 0 aromatic carbocycles. The Balaban J connectivity index is 1.75. The van der Waals surface area contributed by atoms with Gasteiger partial charge in [0, 0.05) is 37.8 Å². The molecule has 106 valence electrons. The van der Waals surface area contributed by atoms with Crippen LogP contribution in [-0.2, 0) is 19.5 Å². The molecule has 3 heterocycles. The van der Waals surface area contributed by atoms with E-state index in [0.717, 1.165) is 49.0 Å². The Morgan fingerprint density at radius 1 is 1.40 bits per heavy atom. The van der Waals surface area contributed by atoms with Crippen molar-refractivity contribution >= 4 is 0 Å². The Labute approximate surface area is 119 Å². The molecular weight excluding hydrogens is 252 g/mol. The highest BCUT2D eigenvalue weighted by atomic mass is 16.5. The molecule has 2 aromatic rings. The average Bonchev–Trinajstić information content (AvgIpc) is 2.83. The van der Waals surface area contributed by atoms with Gasteiger partial charge < -0.3 is 4.52 Å². The van der Waals surface area contributed by atoms with Crippen molar-refractivity contribution in [2.24, 2.45) is 0 Å². The number of aromatic nitrogens is 3. The van der Waals surface area contributed by atoms with E-state index in [4.69, 9.17) is 9.51 Å². The third-order valence-corrected chi connectivity index (χ3v) is 3.62. The third-order valence-electron chi connectivity index (χ3n) is 3.62. The number of hydrogen-bond donors (Lipinski definition) is 0. The first-order chi connectivity index (χ1) is 9.61. The van der Waals surface area contributed by atoms with Crippen LogP contribution in [-0.4, -0.2) is 26.6 Å². The van der Waals surface area contributed by atoms with Gasteiger partial charge in [-0.2, -0.15) is 0 Å². The van der Waals surface area contributed by atoms with Crippen molar-refractivity contribution in [1.29, 1.82) is 0 Å². The van der Waals surface area contributed by atoms with Crippen molar-refractivity contribution in [3.63, 3.8) is 0 Å². The second kappa shape index (κ2) is 5.32. The molecule has 0 atom stereocenters. The molecular formula is C15H20N4O. The van der Waals surface area contributed by atoms with Crippen molar-refractivity contribution in [1.82, 2.24) is 20.0 Å². The highest BCUT2D eigenvalue weighted by molar-refractivity contribution is 5.21. The molecule has 0 fully saturated rings. The van der Waals surface area contributed by atoms with Gasteiger partial charge in [-0.25, -0.2) is 9.97 Å². The molecule has 1 aliphatic rings. The van der Waals surface area contributed by atoms with Gasteiger partial charge in [0.05, 0.1) is 11.4 Å². The van der Waals surface area contributed by atoms with E-state index < -0.39 is 0 Å². The molecule has 3 rings (SSSR count). The molecule has 0 saturated heterocycles. The standard InChI is InChI=1S/C15H20N4O/c1-10(2)15-16-7-12-4-5-19(9-14(12)17-15)8-13-6-11(3)20-18-13/h6-7,10H,4-5,8-9H2,1-3H3. The van der Waals surface area contributed by atoms with Gasteiger partial charge in [-0.3, -0.25) is 4.90 Å². The maximum atomic E-state index is 5.12. The van der Waals surface area contributed by atoms with Crippen LogP contribution in [0.2, 0.25) is 0 Å². The molecule has 0 spiro atoms. The van der Waals surface area contributed by atoms with E-state index in [-0.39, 0.29) is 0 Å². The quantitative estimate of drug-likeness (QED) is 0.859. The Kier molecular flexibility index (Phi) is 3.53. The molecule has 0 amide bonds. The predicted octanol–water partition coefficient (Wildman–Crippen LogP) is 2.45. The first-order valence-electron chi connectivity index (χ1n) is 7.11. The van der Waals surface area contributed by atoms with Gasteiger partial charge in [-0.1, -0.05) is 19.0 Å². The fraction of sp³-hybridized carbons (Fsp3) is 0.533. The van der Waals surface area contributed by atoms with Crippen molar-refractivity contribution in [3.05, 3.63) is 40.8 Å². The highest BCUT2D eigenvalue weighted by Crippen LogP contribution is 2.20. The molecule has 1 aliphatic heterocycles. The van der Waals surface area contributed by atoms with Crippen LogP contribution in [0.5, 0.6) is 0 Å². The smallest absolute Gasteiger partial charge is 0.133 e. The molecule has 5 heteroatoms. The first kappa shape index (κ1) is 13.2. The minimum absolute atomic E-state index is 0.369. The average molecular weight is 272 g/mol. The summed E-state index contributed by atoms with van der Waals surface area (Å²) in [5.74, 6) is 2.17. The SMILES string of the molecule is Cc1cc(CN2CCc3cnc(C(C)C)nc3C2)no1. The summed E-state index contributed by atoms with van der Waals surface area (Å²) in [5, 5.41) is 4.06. The molecule has 2 aromatic heterocycles. The highest BCUT2D eigenvalue weighted by Gasteiger charge is 2.20. The second-order valence-electron chi connectivity index (χ2n) is 5.74. The molecule has 0 unspecified atom stereocenters. The van der Waals surface area contributed by atoms with Crippen LogP contribution >= 0.6 is 0 Å². The molecule has 0 N–H and O–H groups in total. The maximum absolute atomic E-state index is 5.12. The zero-order chi connectivity index (χ0) is 14.1. The van der Waals surface area contributed by atoms with E-state index in [0.29, 0.717) is 5.92 Å². The predicted molar refractivity (Wildman–Crippen MR) is 75.2 cm³/mol. The Bertz CT molecular complexity index is 606. The van der Waals surface area contributed by atoms with Gasteiger partial charge >= 0.3 is 0 Å². The van der Waals surface area contributed by atoms with Crippen LogP contribution in [0.1, 0.15) is 48.3 Å². The molecule has 20 heavy (non-hydrogen) atoms. The fourth-order valence-corrected chi connectivity index (χ4v) is 2.51. The monoisotopic (exact) mass is 272 g/mol. The molecule has 0 bridgehead atoms. The van der Waals surface area contributed by atoms with E-state index in [9.17, 15) is 0 Å². The summed E-state index contributed by atoms with van der Waals surface area (Å²) >= 11 is 0. The number of fused-ring (bicyclic) bond motifs is 1. The van der Waals surface area contributed by atoms with Crippen LogP contribution in [0.25, 0.3) is 0 Å². The summed E-state index contributed by atoms with van der Waals surface area (Å²) in [6, 6.07) is 2.00. The second-order valence-corrected chi connectivity index (χ2v) is 5.74. The van der Waals surface area contributed by atoms with Crippen LogP contribution in [0.4, 0.5) is 0 Å². The molecule has 0 radical (unpaired) electrons. The minimum atomic E-state index is 0.369. The van der Waals surface area contributed by atoms with E-state index in [1.54, 1.807) is 0 Å². The van der Waals surface area contributed by atoms with Gasteiger partial charge in [-0.15, -0.1) is 0 Å². The van der Waals surface area contributed by atoms with Crippen LogP contribution < -0.4 is 0 Å². The van der Waals surface area contributed by atoms with E-state index in [1.165, 1.54) is 5.56 Å². The van der Waals surface area contributed by atoms with Gasteiger partial charge in [0.15, 0.2) is 0 Å². The zero-order valence-corrected chi connectivity index (χ0v) is 12.3. The number of nitrogens with zero attached hydrogens (tertiary/aromatic N) is 4. The summed E-state index contributed by atoms with van der Waals surface area (Å²) in [6.45, 7) is 8.87. The number of hydrogen-bond acceptors (Lipinski definition) is 5. The van der Waals surface area contributed by atoms with Crippen molar-refractivity contribution in [2.75, 3.05) is 6.54 Å². The van der Waals surface area contributed by atoms with E-state index in [2.05, 4.69) is 28.9 Å². The lowest BCUT2D eigenvalue weighted by Crippen LogP contribution is -2.31. The van der Waals surface area contributed by atoms with Crippen LogP contribution in [0.3, 0.4) is 0 Å². The normalized spacial score (nSPS) is 15.6. The molecule has 0 saturated carbocycles. The summed E-state index contributed by atoms with van der Waals surface area (Å²) in [6.07, 6.45) is 3.00. The first-order valence-corrected chi connectivity index (χ1v) is 7.11.